The number of anilines is 1. The maximum atomic E-state index is 4.76. The Morgan fingerprint density at radius 2 is 1.97 bits per heavy atom. The molecule has 1 saturated heterocycles. The molecule has 0 amide bonds. The first-order valence-corrected chi connectivity index (χ1v) is 10.8. The maximum absolute atomic E-state index is 4.76. The highest BCUT2D eigenvalue weighted by molar-refractivity contribution is 5.94. The Balaban J connectivity index is 1.57. The molecule has 0 aliphatic carbocycles. The number of nitrogens with zero attached hydrogens (tertiary/aromatic N) is 5. The van der Waals surface area contributed by atoms with Crippen LogP contribution in [0.3, 0.4) is 0 Å². The van der Waals surface area contributed by atoms with Gasteiger partial charge >= 0.3 is 0 Å². The van der Waals surface area contributed by atoms with Crippen molar-refractivity contribution in [3.63, 3.8) is 0 Å². The van der Waals surface area contributed by atoms with Crippen molar-refractivity contribution in [2.24, 2.45) is 0 Å². The van der Waals surface area contributed by atoms with Crippen LogP contribution in [0.2, 0.25) is 0 Å². The second kappa shape index (κ2) is 8.54. The average molecular weight is 392 g/mol. The van der Waals surface area contributed by atoms with Crippen molar-refractivity contribution in [3.8, 4) is 0 Å². The molecule has 154 valence electrons. The Morgan fingerprint density at radius 1 is 1.10 bits per heavy atom. The fourth-order valence-corrected chi connectivity index (χ4v) is 4.56. The highest BCUT2D eigenvalue weighted by Gasteiger charge is 2.26. The second-order valence-electron chi connectivity index (χ2n) is 8.65. The van der Waals surface area contributed by atoms with E-state index in [9.17, 15) is 0 Å². The molecule has 0 bridgehead atoms. The number of hydrogen-bond acceptors (Lipinski definition) is 4. The molecule has 1 unspecified atom stereocenters. The van der Waals surface area contributed by atoms with Gasteiger partial charge in [0, 0.05) is 55.2 Å². The number of rotatable bonds is 6. The lowest BCUT2D eigenvalue weighted by molar-refractivity contribution is 0.380. The predicted octanol–water partition coefficient (Wildman–Crippen LogP) is 4.38. The third kappa shape index (κ3) is 4.15. The van der Waals surface area contributed by atoms with E-state index in [0.717, 1.165) is 38.1 Å². The number of imidazole rings is 1. The van der Waals surface area contributed by atoms with Gasteiger partial charge in [0.25, 0.3) is 0 Å². The van der Waals surface area contributed by atoms with Crippen LogP contribution in [-0.4, -0.2) is 53.2 Å². The van der Waals surface area contributed by atoms with Crippen molar-refractivity contribution in [2.75, 3.05) is 38.6 Å². The van der Waals surface area contributed by atoms with Crippen LogP contribution in [0.25, 0.3) is 10.9 Å². The Kier molecular flexibility index (Phi) is 5.86. The third-order valence-corrected chi connectivity index (χ3v) is 6.29. The van der Waals surface area contributed by atoms with E-state index in [4.69, 9.17) is 4.98 Å². The molecule has 0 radical (unpaired) electrons. The number of hydrogen-bond donors (Lipinski definition) is 0. The normalized spacial score (nSPS) is 17.4. The molecule has 1 atom stereocenters. The molecule has 29 heavy (non-hydrogen) atoms. The minimum absolute atomic E-state index is 0.480. The van der Waals surface area contributed by atoms with E-state index in [0.29, 0.717) is 5.92 Å². The van der Waals surface area contributed by atoms with E-state index in [1.165, 1.54) is 40.9 Å². The largest absolute Gasteiger partial charge is 0.370 e. The standard InChI is InChI=1S/C24H33N5/c1-18-8-9-21-22(10-11-25-23(21)19(18)2)29-14-5-7-20(17-29)24-26-12-16-28(24)15-6-13-27(3)4/h8-12,16,20H,5-7,13-15,17H2,1-4H3. The van der Waals surface area contributed by atoms with Gasteiger partial charge in [-0.2, -0.15) is 0 Å². The molecule has 1 fully saturated rings. The van der Waals surface area contributed by atoms with Gasteiger partial charge in [0.15, 0.2) is 0 Å². The first kappa shape index (κ1) is 19.9. The summed E-state index contributed by atoms with van der Waals surface area (Å²) in [6.45, 7) is 8.62. The van der Waals surface area contributed by atoms with E-state index in [2.05, 4.69) is 71.7 Å². The zero-order chi connectivity index (χ0) is 20.4. The van der Waals surface area contributed by atoms with Crippen LogP contribution in [0.5, 0.6) is 0 Å². The highest BCUT2D eigenvalue weighted by atomic mass is 15.2. The summed E-state index contributed by atoms with van der Waals surface area (Å²) < 4.78 is 2.37. The number of fused-ring (bicyclic) bond motifs is 1. The minimum Gasteiger partial charge on any atom is -0.370 e. The van der Waals surface area contributed by atoms with Crippen molar-refractivity contribution >= 4 is 16.6 Å². The van der Waals surface area contributed by atoms with Gasteiger partial charge in [-0.05, 0) is 70.9 Å². The Morgan fingerprint density at radius 3 is 2.79 bits per heavy atom. The molecule has 1 aromatic carbocycles. The van der Waals surface area contributed by atoms with E-state index in [-0.39, 0.29) is 0 Å². The van der Waals surface area contributed by atoms with Crippen LogP contribution in [0.4, 0.5) is 5.69 Å². The monoisotopic (exact) mass is 391 g/mol. The lowest BCUT2D eigenvalue weighted by Crippen LogP contribution is -2.35. The Hall–Kier alpha value is -2.40. The number of benzene rings is 1. The van der Waals surface area contributed by atoms with Crippen LogP contribution in [0.1, 0.15) is 42.1 Å². The molecule has 2 aromatic heterocycles. The number of pyridine rings is 1. The average Bonchev–Trinajstić information content (AvgIpc) is 3.19. The summed E-state index contributed by atoms with van der Waals surface area (Å²) in [6.07, 6.45) is 9.65. The SMILES string of the molecule is Cc1ccc2c(N3CCCC(c4nccn4CCCN(C)C)C3)ccnc2c1C. The lowest BCUT2D eigenvalue weighted by Gasteiger charge is -2.35. The molecule has 0 saturated carbocycles. The van der Waals surface area contributed by atoms with E-state index >= 15 is 0 Å². The fourth-order valence-electron chi connectivity index (χ4n) is 4.56. The van der Waals surface area contributed by atoms with Gasteiger partial charge in [-0.1, -0.05) is 12.1 Å². The zero-order valence-electron chi connectivity index (χ0n) is 18.2. The summed E-state index contributed by atoms with van der Waals surface area (Å²) in [6, 6.07) is 6.65. The molecule has 0 N–H and O–H groups in total. The van der Waals surface area contributed by atoms with Gasteiger partial charge in [-0.15, -0.1) is 0 Å². The summed E-state index contributed by atoms with van der Waals surface area (Å²) in [7, 11) is 4.27. The third-order valence-electron chi connectivity index (χ3n) is 6.29. The fraction of sp³-hybridized carbons (Fsp3) is 0.500. The molecular weight excluding hydrogens is 358 g/mol. The van der Waals surface area contributed by atoms with Gasteiger partial charge in [0.1, 0.15) is 5.82 Å². The molecule has 3 heterocycles. The van der Waals surface area contributed by atoms with Crippen molar-refractivity contribution in [1.82, 2.24) is 19.4 Å². The second-order valence-corrected chi connectivity index (χ2v) is 8.65. The van der Waals surface area contributed by atoms with Gasteiger partial charge in [0.05, 0.1) is 5.52 Å². The molecular formula is C24H33N5. The molecule has 1 aliphatic rings. The summed E-state index contributed by atoms with van der Waals surface area (Å²) >= 11 is 0. The summed E-state index contributed by atoms with van der Waals surface area (Å²) in [4.78, 5) is 14.2. The smallest absolute Gasteiger partial charge is 0.113 e. The van der Waals surface area contributed by atoms with E-state index in [1.807, 2.05) is 12.4 Å². The van der Waals surface area contributed by atoms with Crippen molar-refractivity contribution < 1.29 is 0 Å². The number of aryl methyl sites for hydroxylation is 3. The Labute approximate surface area is 174 Å². The van der Waals surface area contributed by atoms with Crippen LogP contribution < -0.4 is 4.90 Å². The van der Waals surface area contributed by atoms with Crippen LogP contribution in [0.15, 0.2) is 36.8 Å². The zero-order valence-corrected chi connectivity index (χ0v) is 18.2. The molecule has 1 aliphatic heterocycles. The van der Waals surface area contributed by atoms with Crippen molar-refractivity contribution in [3.05, 3.63) is 53.7 Å². The van der Waals surface area contributed by atoms with Crippen LogP contribution >= 0.6 is 0 Å². The number of aromatic nitrogens is 3. The van der Waals surface area contributed by atoms with Crippen molar-refractivity contribution in [2.45, 2.75) is 45.6 Å². The molecule has 0 spiro atoms. The quantitative estimate of drug-likeness (QED) is 0.625. The molecule has 4 rings (SSSR count). The minimum atomic E-state index is 0.480. The molecule has 5 heteroatoms. The number of piperidine rings is 1. The van der Waals surface area contributed by atoms with Gasteiger partial charge in [-0.3, -0.25) is 4.98 Å². The Bertz CT molecular complexity index is 975. The maximum Gasteiger partial charge on any atom is 0.113 e. The van der Waals surface area contributed by atoms with Gasteiger partial charge in [0.2, 0.25) is 0 Å². The van der Waals surface area contributed by atoms with E-state index in [1.54, 1.807) is 0 Å². The summed E-state index contributed by atoms with van der Waals surface area (Å²) in [5, 5.41) is 1.27. The molecule has 3 aromatic rings. The van der Waals surface area contributed by atoms with Crippen molar-refractivity contribution in [1.29, 1.82) is 0 Å². The predicted molar refractivity (Wildman–Crippen MR) is 121 cm³/mol. The van der Waals surface area contributed by atoms with Crippen LogP contribution in [-0.2, 0) is 6.54 Å². The topological polar surface area (TPSA) is 37.2 Å². The van der Waals surface area contributed by atoms with Gasteiger partial charge in [-0.25, -0.2) is 4.98 Å². The molecule has 5 nitrogen and oxygen atoms in total. The summed E-state index contributed by atoms with van der Waals surface area (Å²) in [5.74, 6) is 1.73. The lowest BCUT2D eigenvalue weighted by atomic mass is 9.95. The van der Waals surface area contributed by atoms with Crippen LogP contribution in [0, 0.1) is 13.8 Å². The highest BCUT2D eigenvalue weighted by Crippen LogP contribution is 2.34. The first-order valence-electron chi connectivity index (χ1n) is 10.8. The first-order chi connectivity index (χ1) is 14.0. The summed E-state index contributed by atoms with van der Waals surface area (Å²) in [5.41, 5.74) is 5.04. The van der Waals surface area contributed by atoms with Gasteiger partial charge < -0.3 is 14.4 Å². The van der Waals surface area contributed by atoms with E-state index < -0.39 is 0 Å².